The topological polar surface area (TPSA) is 19.6 Å². The first-order valence-electron chi connectivity index (χ1n) is 20.6. The minimum atomic E-state index is -0.303. The third-order valence-electron chi connectivity index (χ3n) is 12.8. The average Bonchev–Trinajstić information content (AvgIpc) is 3.78. The Morgan fingerprint density at radius 2 is 0.983 bits per heavy atom. The molecule has 9 aromatic rings. The quantitative estimate of drug-likeness (QED) is 0.168. The first-order chi connectivity index (χ1) is 28.8. The molecular weight excluding hydrogens is 717 g/mol. The Bertz CT molecular complexity index is 3030. The number of benzene rings is 8. The van der Waals surface area contributed by atoms with Crippen LogP contribution in [0.2, 0.25) is 0 Å². The van der Waals surface area contributed by atoms with Crippen molar-refractivity contribution in [3.8, 4) is 33.4 Å². The highest BCUT2D eigenvalue weighted by Crippen LogP contribution is 2.56. The van der Waals surface area contributed by atoms with Crippen LogP contribution < -0.4 is 9.80 Å². The summed E-state index contributed by atoms with van der Waals surface area (Å²) >= 11 is 0. The van der Waals surface area contributed by atoms with Crippen LogP contribution in [0.5, 0.6) is 0 Å². The molecule has 8 aromatic carbocycles. The van der Waals surface area contributed by atoms with Crippen molar-refractivity contribution in [1.82, 2.24) is 0 Å². The standard InChI is InChI=1S/C56H44N2O/c1-55(2)48-21-13-11-19-45(48)46-33-32-44(36-49(46)55)57(42-28-23-38(24-29-42)37-15-7-5-8-16-37)43-30-25-39(26-31-43)40-27-34-51-50(35-40)56(3,4)53-47-20-12-14-22-52(47)59-54(53)58(51)41-17-9-6-10-18-41/h5-36H,1-4H3. The van der Waals surface area contributed by atoms with Gasteiger partial charge in [0.15, 0.2) is 0 Å². The van der Waals surface area contributed by atoms with Crippen LogP contribution in [0, 0.1) is 0 Å². The van der Waals surface area contributed by atoms with Crippen LogP contribution in [0.3, 0.4) is 0 Å². The molecule has 2 aliphatic rings. The van der Waals surface area contributed by atoms with Crippen LogP contribution in [-0.2, 0) is 10.8 Å². The summed E-state index contributed by atoms with van der Waals surface area (Å²) in [5.41, 5.74) is 18.7. The molecule has 3 nitrogen and oxygen atoms in total. The summed E-state index contributed by atoms with van der Waals surface area (Å²) in [7, 11) is 0. The monoisotopic (exact) mass is 760 g/mol. The second kappa shape index (κ2) is 13.2. The largest absolute Gasteiger partial charge is 0.439 e. The number of para-hydroxylation sites is 2. The van der Waals surface area contributed by atoms with Crippen molar-refractivity contribution in [3.63, 3.8) is 0 Å². The molecule has 0 fully saturated rings. The molecule has 0 atom stereocenters. The normalized spacial score (nSPS) is 14.3. The van der Waals surface area contributed by atoms with Crippen molar-refractivity contribution in [2.24, 2.45) is 0 Å². The van der Waals surface area contributed by atoms with Gasteiger partial charge in [0.25, 0.3) is 0 Å². The second-order valence-corrected chi connectivity index (χ2v) is 17.0. The molecule has 0 bridgehead atoms. The van der Waals surface area contributed by atoms with Gasteiger partial charge >= 0.3 is 0 Å². The van der Waals surface area contributed by atoms with E-state index >= 15 is 0 Å². The lowest BCUT2D eigenvalue weighted by Gasteiger charge is -2.39. The van der Waals surface area contributed by atoms with Crippen molar-refractivity contribution in [3.05, 3.63) is 216 Å². The first kappa shape index (κ1) is 35.1. The summed E-state index contributed by atoms with van der Waals surface area (Å²) in [5, 5.41) is 1.16. The molecule has 0 unspecified atom stereocenters. The van der Waals surface area contributed by atoms with Gasteiger partial charge in [0.2, 0.25) is 5.88 Å². The van der Waals surface area contributed by atoms with Crippen LogP contribution in [-0.4, -0.2) is 0 Å². The minimum absolute atomic E-state index is 0.103. The van der Waals surface area contributed by atoms with Gasteiger partial charge in [0.1, 0.15) is 5.58 Å². The molecule has 0 saturated heterocycles. The van der Waals surface area contributed by atoms with Gasteiger partial charge < -0.3 is 9.32 Å². The lowest BCUT2D eigenvalue weighted by atomic mass is 9.73. The number of furan rings is 1. The van der Waals surface area contributed by atoms with Gasteiger partial charge in [0, 0.05) is 44.5 Å². The molecule has 0 spiro atoms. The van der Waals surface area contributed by atoms with E-state index in [-0.39, 0.29) is 10.8 Å². The van der Waals surface area contributed by atoms with Crippen molar-refractivity contribution in [2.45, 2.75) is 38.5 Å². The number of hydrogen-bond donors (Lipinski definition) is 0. The molecule has 0 radical (unpaired) electrons. The van der Waals surface area contributed by atoms with Gasteiger partial charge in [-0.05, 0) is 117 Å². The Labute approximate surface area is 346 Å². The van der Waals surface area contributed by atoms with Gasteiger partial charge in [-0.25, -0.2) is 0 Å². The molecule has 11 rings (SSSR count). The zero-order valence-corrected chi connectivity index (χ0v) is 33.8. The van der Waals surface area contributed by atoms with E-state index < -0.39 is 0 Å². The van der Waals surface area contributed by atoms with Crippen molar-refractivity contribution >= 4 is 45.3 Å². The van der Waals surface area contributed by atoms with Crippen molar-refractivity contribution in [2.75, 3.05) is 9.80 Å². The number of anilines is 6. The van der Waals surface area contributed by atoms with Gasteiger partial charge in [-0.2, -0.15) is 0 Å². The molecule has 3 heteroatoms. The predicted molar refractivity (Wildman–Crippen MR) is 246 cm³/mol. The molecule has 0 N–H and O–H groups in total. The summed E-state index contributed by atoms with van der Waals surface area (Å²) in [4.78, 5) is 4.69. The van der Waals surface area contributed by atoms with Crippen LogP contribution >= 0.6 is 0 Å². The minimum Gasteiger partial charge on any atom is -0.439 e. The van der Waals surface area contributed by atoms with Crippen LogP contribution in [0.15, 0.2) is 199 Å². The maximum Gasteiger partial charge on any atom is 0.209 e. The predicted octanol–water partition coefficient (Wildman–Crippen LogP) is 15.7. The average molecular weight is 761 g/mol. The van der Waals surface area contributed by atoms with Crippen LogP contribution in [0.1, 0.15) is 49.9 Å². The highest BCUT2D eigenvalue weighted by Gasteiger charge is 2.41. The van der Waals surface area contributed by atoms with E-state index in [2.05, 4.69) is 232 Å². The molecule has 59 heavy (non-hydrogen) atoms. The fourth-order valence-corrected chi connectivity index (χ4v) is 9.80. The van der Waals surface area contributed by atoms with E-state index in [1.807, 2.05) is 0 Å². The molecule has 284 valence electrons. The Balaban J connectivity index is 1.01. The maximum absolute atomic E-state index is 6.68. The van der Waals surface area contributed by atoms with Crippen molar-refractivity contribution in [1.29, 1.82) is 0 Å². The SMILES string of the molecule is CC1(C)c2ccccc2-c2ccc(N(c3ccc(-c4ccccc4)cc3)c3ccc(-c4ccc5c(c4)C(C)(C)c4c(oc6ccccc46)N5c4ccccc4)cc3)cc21. The molecule has 1 aliphatic heterocycles. The number of nitrogens with zero attached hydrogens (tertiary/aromatic N) is 2. The molecule has 1 aromatic heterocycles. The van der Waals surface area contributed by atoms with E-state index in [4.69, 9.17) is 4.42 Å². The van der Waals surface area contributed by atoms with Gasteiger partial charge in [-0.3, -0.25) is 4.90 Å². The Hall–Kier alpha value is -7.10. The summed E-state index contributed by atoms with van der Waals surface area (Å²) in [6, 6.07) is 70.5. The Kier molecular flexibility index (Phi) is 7.87. The van der Waals surface area contributed by atoms with Gasteiger partial charge in [0.05, 0.1) is 5.69 Å². The summed E-state index contributed by atoms with van der Waals surface area (Å²) in [6.07, 6.45) is 0. The maximum atomic E-state index is 6.68. The Morgan fingerprint density at radius 3 is 1.71 bits per heavy atom. The molecule has 2 heterocycles. The van der Waals surface area contributed by atoms with Crippen molar-refractivity contribution < 1.29 is 4.42 Å². The molecular formula is C56H44N2O. The van der Waals surface area contributed by atoms with Gasteiger partial charge in [-0.15, -0.1) is 0 Å². The van der Waals surface area contributed by atoms with Crippen LogP contribution in [0.4, 0.5) is 34.3 Å². The zero-order chi connectivity index (χ0) is 39.9. The molecule has 0 amide bonds. The van der Waals surface area contributed by atoms with E-state index in [9.17, 15) is 0 Å². The zero-order valence-electron chi connectivity index (χ0n) is 33.8. The summed E-state index contributed by atoms with van der Waals surface area (Å²) in [6.45, 7) is 9.37. The molecule has 0 saturated carbocycles. The lowest BCUT2D eigenvalue weighted by molar-refractivity contribution is 0.571. The van der Waals surface area contributed by atoms with Crippen LogP contribution in [0.25, 0.3) is 44.3 Å². The number of hydrogen-bond acceptors (Lipinski definition) is 3. The highest BCUT2D eigenvalue weighted by atomic mass is 16.4. The Morgan fingerprint density at radius 1 is 0.424 bits per heavy atom. The fraction of sp³-hybridized carbons (Fsp3) is 0.107. The highest BCUT2D eigenvalue weighted by molar-refractivity contribution is 5.96. The first-order valence-corrected chi connectivity index (χ1v) is 20.6. The third-order valence-corrected chi connectivity index (χ3v) is 12.8. The van der Waals surface area contributed by atoms with Gasteiger partial charge in [-0.1, -0.05) is 155 Å². The van der Waals surface area contributed by atoms with E-state index in [1.54, 1.807) is 0 Å². The fourth-order valence-electron chi connectivity index (χ4n) is 9.80. The second-order valence-electron chi connectivity index (χ2n) is 17.0. The van der Waals surface area contributed by atoms with E-state index in [0.29, 0.717) is 0 Å². The van der Waals surface area contributed by atoms with E-state index in [0.717, 1.165) is 45.3 Å². The lowest BCUT2D eigenvalue weighted by Crippen LogP contribution is -2.29. The summed E-state index contributed by atoms with van der Waals surface area (Å²) < 4.78 is 6.68. The number of fused-ring (bicyclic) bond motifs is 7. The third kappa shape index (κ3) is 5.49. The smallest absolute Gasteiger partial charge is 0.209 e. The number of rotatable bonds is 6. The van der Waals surface area contributed by atoms with E-state index in [1.165, 1.54) is 55.6 Å². The molecule has 1 aliphatic carbocycles. The summed E-state index contributed by atoms with van der Waals surface area (Å²) in [5.74, 6) is 0.891.